The number of hydrogen-bond donors (Lipinski definition) is 0. The van der Waals surface area contributed by atoms with Gasteiger partial charge >= 0.3 is 11.9 Å². The molecule has 3 rings (SSSR count). The molecule has 0 radical (unpaired) electrons. The van der Waals surface area contributed by atoms with E-state index in [-0.39, 0.29) is 29.3 Å². The normalized spacial score (nSPS) is 17.4. The van der Waals surface area contributed by atoms with Gasteiger partial charge in [-0.3, -0.25) is 4.79 Å². The van der Waals surface area contributed by atoms with Gasteiger partial charge in [-0.2, -0.15) is 9.65 Å². The third-order valence-electron chi connectivity index (χ3n) is 6.04. The Morgan fingerprint density at radius 3 is 2.31 bits per heavy atom. The predicted molar refractivity (Wildman–Crippen MR) is 124 cm³/mol. The highest BCUT2D eigenvalue weighted by Gasteiger charge is 2.28. The lowest BCUT2D eigenvalue weighted by Gasteiger charge is -2.27. The predicted octanol–water partition coefficient (Wildman–Crippen LogP) is 6.12. The van der Waals surface area contributed by atoms with Gasteiger partial charge in [-0.25, -0.2) is 9.18 Å². The molecule has 0 spiro atoms. The van der Waals surface area contributed by atoms with Crippen molar-refractivity contribution in [3.8, 4) is 17.6 Å². The van der Waals surface area contributed by atoms with Crippen LogP contribution >= 0.6 is 0 Å². The number of halogens is 2. The summed E-state index contributed by atoms with van der Waals surface area (Å²) in [6.07, 6.45) is 7.92. The number of benzene rings is 2. The second-order valence-electron chi connectivity index (χ2n) is 8.59. The van der Waals surface area contributed by atoms with Crippen LogP contribution in [0.15, 0.2) is 36.4 Å². The first-order chi connectivity index (χ1) is 16.9. The molecule has 0 N–H and O–H groups in total. The maximum Gasteiger partial charge on any atom is 0.343 e. The van der Waals surface area contributed by atoms with Crippen LogP contribution < -0.4 is 9.47 Å². The fraction of sp³-hybridized carbons (Fsp3) is 0.444. The number of unbranched alkanes of at least 4 members (excludes halogenated alkanes) is 3. The summed E-state index contributed by atoms with van der Waals surface area (Å²) >= 11 is 0. The van der Waals surface area contributed by atoms with Gasteiger partial charge in [-0.1, -0.05) is 26.2 Å². The summed E-state index contributed by atoms with van der Waals surface area (Å²) in [6, 6.07) is 9.16. The summed E-state index contributed by atoms with van der Waals surface area (Å²) in [4.78, 5) is 24.8. The van der Waals surface area contributed by atoms with Crippen molar-refractivity contribution in [2.45, 2.75) is 64.4 Å². The van der Waals surface area contributed by atoms with E-state index in [1.807, 2.05) is 0 Å². The summed E-state index contributed by atoms with van der Waals surface area (Å²) in [5.74, 6) is -4.59. The minimum absolute atomic E-state index is 0.0607. The number of ether oxygens (including phenoxy) is 3. The molecule has 0 atom stereocenters. The Morgan fingerprint density at radius 1 is 0.943 bits per heavy atom. The van der Waals surface area contributed by atoms with Gasteiger partial charge in [-0.05, 0) is 68.5 Å². The molecular formula is C27H29F2NO5. The molecule has 186 valence electrons. The van der Waals surface area contributed by atoms with E-state index in [0.29, 0.717) is 12.8 Å². The molecule has 0 aromatic heterocycles. The highest BCUT2D eigenvalue weighted by atomic mass is 19.2. The largest absolute Gasteiger partial charge is 0.426 e. The second-order valence-corrected chi connectivity index (χ2v) is 8.59. The van der Waals surface area contributed by atoms with Crippen LogP contribution in [0.5, 0.6) is 11.5 Å². The van der Waals surface area contributed by atoms with E-state index in [1.165, 1.54) is 49.6 Å². The molecule has 1 fully saturated rings. The maximum absolute atomic E-state index is 14.0. The Labute approximate surface area is 203 Å². The molecule has 6 nitrogen and oxygen atoms in total. The van der Waals surface area contributed by atoms with Gasteiger partial charge < -0.3 is 14.2 Å². The lowest BCUT2D eigenvalue weighted by Crippen LogP contribution is -2.29. The quantitative estimate of drug-likeness (QED) is 0.229. The van der Waals surface area contributed by atoms with Gasteiger partial charge in [0, 0.05) is 6.61 Å². The first kappa shape index (κ1) is 26.3. The van der Waals surface area contributed by atoms with Crippen molar-refractivity contribution in [1.29, 1.82) is 5.26 Å². The fourth-order valence-corrected chi connectivity index (χ4v) is 3.96. The fourth-order valence-electron chi connectivity index (χ4n) is 3.96. The molecule has 0 amide bonds. The summed E-state index contributed by atoms with van der Waals surface area (Å²) in [7, 11) is 0. The number of carbonyl (C=O) groups is 2. The molecule has 0 bridgehead atoms. The maximum atomic E-state index is 14.0. The van der Waals surface area contributed by atoms with Gasteiger partial charge in [-0.15, -0.1) is 0 Å². The number of nitrogens with zero attached hydrogens (tertiary/aromatic N) is 1. The number of hydrogen-bond acceptors (Lipinski definition) is 6. The van der Waals surface area contributed by atoms with Crippen molar-refractivity contribution < 1.29 is 32.6 Å². The molecule has 0 heterocycles. The molecule has 8 heteroatoms. The number of esters is 2. The van der Waals surface area contributed by atoms with Gasteiger partial charge in [0.15, 0.2) is 11.6 Å². The van der Waals surface area contributed by atoms with Crippen LogP contribution in [0.2, 0.25) is 0 Å². The van der Waals surface area contributed by atoms with Crippen molar-refractivity contribution in [2.24, 2.45) is 5.92 Å². The van der Waals surface area contributed by atoms with Crippen LogP contribution in [0.4, 0.5) is 8.78 Å². The lowest BCUT2D eigenvalue weighted by molar-refractivity contribution is -0.141. The topological polar surface area (TPSA) is 85.6 Å². The summed E-state index contributed by atoms with van der Waals surface area (Å²) in [6.45, 7) is 2.94. The van der Waals surface area contributed by atoms with Crippen LogP contribution in [0.3, 0.4) is 0 Å². The van der Waals surface area contributed by atoms with Gasteiger partial charge in [0.25, 0.3) is 0 Å². The zero-order chi connectivity index (χ0) is 25.2. The van der Waals surface area contributed by atoms with Crippen molar-refractivity contribution in [3.05, 3.63) is 59.2 Å². The summed E-state index contributed by atoms with van der Waals surface area (Å²) in [5, 5.41) is 8.73. The van der Waals surface area contributed by atoms with E-state index < -0.39 is 28.9 Å². The Kier molecular flexibility index (Phi) is 9.74. The van der Waals surface area contributed by atoms with Crippen molar-refractivity contribution >= 4 is 11.9 Å². The number of nitriles is 1. The van der Waals surface area contributed by atoms with Gasteiger partial charge in [0.05, 0.1) is 23.1 Å². The number of rotatable bonds is 10. The minimum atomic E-state index is -1.42. The van der Waals surface area contributed by atoms with Crippen LogP contribution in [-0.4, -0.2) is 24.6 Å². The second kappa shape index (κ2) is 13.0. The van der Waals surface area contributed by atoms with E-state index in [0.717, 1.165) is 38.0 Å². The summed E-state index contributed by atoms with van der Waals surface area (Å²) in [5.41, 5.74) is -0.428. The van der Waals surface area contributed by atoms with Gasteiger partial charge in [0.1, 0.15) is 11.8 Å². The van der Waals surface area contributed by atoms with Crippen molar-refractivity contribution in [1.82, 2.24) is 0 Å². The molecule has 1 aliphatic carbocycles. The molecule has 1 aliphatic rings. The van der Waals surface area contributed by atoms with Crippen LogP contribution in [0, 0.1) is 28.9 Å². The van der Waals surface area contributed by atoms with Crippen LogP contribution in [0.25, 0.3) is 0 Å². The monoisotopic (exact) mass is 485 g/mol. The Hall–Kier alpha value is -3.31. The SMILES string of the molecule is CCCCCCO[C@H]1CC[C@H](C(=O)Oc2ccc(C(=O)Oc3ccc(C#N)c(F)c3F)cc2)CC1. The van der Waals surface area contributed by atoms with Crippen LogP contribution in [0.1, 0.15) is 74.2 Å². The standard InChI is InChI=1S/C27H29F2NO5/c1-2-3-4-5-16-33-21-11-6-18(7-12-21)26(31)34-22-13-8-19(9-14-22)27(32)35-23-15-10-20(17-30)24(28)25(23)29/h8-10,13-15,18,21H,2-7,11-12,16H2,1H3/t18-,21-. The van der Waals surface area contributed by atoms with E-state index >= 15 is 0 Å². The zero-order valence-electron chi connectivity index (χ0n) is 19.7. The minimum Gasteiger partial charge on any atom is -0.426 e. The smallest absolute Gasteiger partial charge is 0.343 e. The van der Waals surface area contributed by atoms with E-state index in [1.54, 1.807) is 0 Å². The van der Waals surface area contributed by atoms with Gasteiger partial charge in [0.2, 0.25) is 5.82 Å². The van der Waals surface area contributed by atoms with E-state index in [2.05, 4.69) is 6.92 Å². The van der Waals surface area contributed by atoms with E-state index in [9.17, 15) is 18.4 Å². The number of carbonyl (C=O) groups excluding carboxylic acids is 2. The Morgan fingerprint density at radius 2 is 1.66 bits per heavy atom. The molecule has 2 aromatic carbocycles. The molecule has 1 saturated carbocycles. The average molecular weight is 486 g/mol. The van der Waals surface area contributed by atoms with Crippen molar-refractivity contribution in [2.75, 3.05) is 6.61 Å². The van der Waals surface area contributed by atoms with Crippen LogP contribution in [-0.2, 0) is 9.53 Å². The average Bonchev–Trinajstić information content (AvgIpc) is 2.87. The molecule has 2 aromatic rings. The molecule has 35 heavy (non-hydrogen) atoms. The zero-order valence-corrected chi connectivity index (χ0v) is 19.7. The van der Waals surface area contributed by atoms with E-state index in [4.69, 9.17) is 19.5 Å². The third-order valence-corrected chi connectivity index (χ3v) is 6.04. The summed E-state index contributed by atoms with van der Waals surface area (Å²) < 4.78 is 44.0. The molecule has 0 unspecified atom stereocenters. The molecule has 0 aliphatic heterocycles. The molecular weight excluding hydrogens is 456 g/mol. The van der Waals surface area contributed by atoms with Crippen molar-refractivity contribution in [3.63, 3.8) is 0 Å². The highest BCUT2D eigenvalue weighted by Crippen LogP contribution is 2.28. The third kappa shape index (κ3) is 7.33. The first-order valence-corrected chi connectivity index (χ1v) is 12.0. The first-order valence-electron chi connectivity index (χ1n) is 12.0. The highest BCUT2D eigenvalue weighted by molar-refractivity contribution is 5.91. The lowest BCUT2D eigenvalue weighted by atomic mass is 9.87. The molecule has 0 saturated heterocycles. The Balaban J connectivity index is 1.46. The Bertz CT molecular complexity index is 1060.